The van der Waals surface area contributed by atoms with Gasteiger partial charge in [0.15, 0.2) is 0 Å². The van der Waals surface area contributed by atoms with Gasteiger partial charge in [-0.2, -0.15) is 33.7 Å². The van der Waals surface area contributed by atoms with Gasteiger partial charge >= 0.3 is 5.97 Å². The van der Waals surface area contributed by atoms with E-state index in [1.54, 1.807) is 36.4 Å². The van der Waals surface area contributed by atoms with Crippen LogP contribution in [-0.2, 0) is 53.6 Å². The molecule has 1 aliphatic heterocycles. The molecule has 0 amide bonds. The summed E-state index contributed by atoms with van der Waals surface area (Å²) in [6.07, 6.45) is 0. The first-order valence-corrected chi connectivity index (χ1v) is 21.1. The summed E-state index contributed by atoms with van der Waals surface area (Å²) in [6, 6.07) is 20.8. The third-order valence-electron chi connectivity index (χ3n) is 8.28. The van der Waals surface area contributed by atoms with Gasteiger partial charge in [-0.15, -0.1) is 0 Å². The molecule has 6 rings (SSSR count). The van der Waals surface area contributed by atoms with E-state index in [0.717, 1.165) is 24.3 Å². The first-order valence-electron chi connectivity index (χ1n) is 15.3. The van der Waals surface area contributed by atoms with Crippen molar-refractivity contribution >= 4 is 63.1 Å². The van der Waals surface area contributed by atoms with Crippen LogP contribution in [0.2, 0.25) is 0 Å². The standard InChI is InChI=1S/C34H26N2O15S4/c37-34(38)26-4-2-1-3-25(26)33-27-11-7-21(35-17-19-5-9-23(52(39,40)41)15-31(19)54(45,46)47)13-29(27)51-30-14-22(8-12-28(30)33)36-18-20-6-10-24(53(42,43)44)16-32(20)55(48,49)50/h1-16,35H,17-18H2,(H,37,38)(H,39,40,41)(H,42,43,44)(H,45,46,47)(H,48,49,50)/b36-22-. The fraction of sp³-hybridized carbons (Fsp3) is 0.0588. The Bertz CT molecular complexity index is 3050. The Morgan fingerprint density at radius 1 is 0.636 bits per heavy atom. The average molecular weight is 831 g/mol. The Morgan fingerprint density at radius 3 is 1.84 bits per heavy atom. The number of hydrogen-bond acceptors (Lipinski definition) is 12. The van der Waals surface area contributed by atoms with Gasteiger partial charge in [0.25, 0.3) is 40.5 Å². The van der Waals surface area contributed by atoms with Crippen molar-refractivity contribution in [1.29, 1.82) is 0 Å². The molecule has 0 atom stereocenters. The van der Waals surface area contributed by atoms with Gasteiger partial charge in [-0.3, -0.25) is 23.2 Å². The van der Waals surface area contributed by atoms with E-state index in [-0.39, 0.29) is 46.5 Å². The topological polar surface area (TPSA) is 292 Å². The summed E-state index contributed by atoms with van der Waals surface area (Å²) in [6.45, 7) is -0.659. The highest BCUT2D eigenvalue weighted by atomic mass is 32.2. The van der Waals surface area contributed by atoms with Crippen LogP contribution < -0.4 is 10.7 Å². The number of rotatable bonds is 11. The zero-order valence-electron chi connectivity index (χ0n) is 27.6. The maximum atomic E-state index is 12.3. The zero-order chi connectivity index (χ0) is 40.1. The molecule has 286 valence electrons. The number of hydrogen-bond donors (Lipinski definition) is 6. The van der Waals surface area contributed by atoms with Crippen LogP contribution in [0.5, 0.6) is 0 Å². The zero-order valence-corrected chi connectivity index (χ0v) is 30.8. The van der Waals surface area contributed by atoms with Gasteiger partial charge in [-0.1, -0.05) is 30.3 Å². The van der Waals surface area contributed by atoms with Crippen LogP contribution in [-0.4, -0.2) is 63.0 Å². The smallest absolute Gasteiger partial charge is 0.336 e. The van der Waals surface area contributed by atoms with Crippen molar-refractivity contribution in [1.82, 2.24) is 0 Å². The van der Waals surface area contributed by atoms with E-state index < -0.39 is 66.0 Å². The number of fused-ring (bicyclic) bond motifs is 2. The highest BCUT2D eigenvalue weighted by Gasteiger charge is 2.24. The second kappa shape index (κ2) is 14.3. The van der Waals surface area contributed by atoms with E-state index >= 15 is 0 Å². The summed E-state index contributed by atoms with van der Waals surface area (Å²) in [5, 5.41) is 13.7. The monoisotopic (exact) mass is 830 g/mol. The maximum Gasteiger partial charge on any atom is 0.336 e. The minimum Gasteiger partial charge on any atom is -0.478 e. The molecule has 17 nitrogen and oxygen atoms in total. The first kappa shape index (κ1) is 39.2. The molecule has 0 saturated heterocycles. The molecule has 21 heteroatoms. The van der Waals surface area contributed by atoms with Crippen LogP contribution in [0.3, 0.4) is 0 Å². The van der Waals surface area contributed by atoms with Gasteiger partial charge in [0.2, 0.25) is 0 Å². The van der Waals surface area contributed by atoms with Crippen LogP contribution in [0.4, 0.5) is 5.69 Å². The molecule has 0 unspecified atom stereocenters. The quantitative estimate of drug-likeness (QED) is 0.0768. The van der Waals surface area contributed by atoms with Crippen molar-refractivity contribution in [2.75, 3.05) is 5.32 Å². The average Bonchev–Trinajstić information content (AvgIpc) is 3.10. The van der Waals surface area contributed by atoms with Crippen molar-refractivity contribution < 1.29 is 66.2 Å². The number of aromatic carboxylic acids is 1. The van der Waals surface area contributed by atoms with Crippen LogP contribution in [0.15, 0.2) is 126 Å². The Kier molecular flexibility index (Phi) is 10.2. The summed E-state index contributed by atoms with van der Waals surface area (Å²) in [4.78, 5) is 13.6. The molecule has 0 spiro atoms. The molecule has 1 aliphatic carbocycles. The predicted octanol–water partition coefficient (Wildman–Crippen LogP) is 4.60. The summed E-state index contributed by atoms with van der Waals surface area (Å²) >= 11 is 0. The Hall–Kier alpha value is -5.52. The van der Waals surface area contributed by atoms with Gasteiger partial charge in [0.1, 0.15) is 21.1 Å². The van der Waals surface area contributed by atoms with E-state index in [9.17, 15) is 61.8 Å². The summed E-state index contributed by atoms with van der Waals surface area (Å²) < 4.78 is 139. The molecular weight excluding hydrogens is 805 g/mol. The lowest BCUT2D eigenvalue weighted by Crippen LogP contribution is -2.10. The van der Waals surface area contributed by atoms with Gasteiger partial charge < -0.3 is 14.8 Å². The van der Waals surface area contributed by atoms with E-state index in [1.807, 2.05) is 0 Å². The van der Waals surface area contributed by atoms with Crippen LogP contribution in [0.25, 0.3) is 33.4 Å². The lowest BCUT2D eigenvalue weighted by atomic mass is 9.90. The van der Waals surface area contributed by atoms with Crippen molar-refractivity contribution in [3.05, 3.63) is 119 Å². The fourth-order valence-electron chi connectivity index (χ4n) is 5.79. The lowest BCUT2D eigenvalue weighted by molar-refractivity contribution is 0.0697. The van der Waals surface area contributed by atoms with E-state index in [4.69, 9.17) is 4.42 Å². The molecule has 6 N–H and O–H groups in total. The molecule has 0 saturated carbocycles. The molecular formula is C34H26N2O15S4. The van der Waals surface area contributed by atoms with Crippen molar-refractivity contribution in [3.8, 4) is 22.5 Å². The second-order valence-corrected chi connectivity index (χ2v) is 17.5. The largest absolute Gasteiger partial charge is 0.478 e. The van der Waals surface area contributed by atoms with E-state index in [0.29, 0.717) is 39.9 Å². The molecule has 0 bridgehead atoms. The summed E-state index contributed by atoms with van der Waals surface area (Å²) in [5.41, 5.74) is 1.52. The summed E-state index contributed by atoms with van der Waals surface area (Å²) in [5.74, 6) is -1.04. The van der Waals surface area contributed by atoms with Gasteiger partial charge in [0.05, 0.1) is 27.3 Å². The predicted molar refractivity (Wildman–Crippen MR) is 194 cm³/mol. The van der Waals surface area contributed by atoms with Crippen molar-refractivity contribution in [2.24, 2.45) is 4.99 Å². The third kappa shape index (κ3) is 8.43. The molecule has 4 aromatic carbocycles. The number of nitrogens with one attached hydrogen (secondary N) is 1. The van der Waals surface area contributed by atoms with Crippen LogP contribution >= 0.6 is 0 Å². The van der Waals surface area contributed by atoms with Crippen LogP contribution in [0, 0.1) is 0 Å². The molecule has 1 heterocycles. The normalized spacial score (nSPS) is 13.0. The lowest BCUT2D eigenvalue weighted by Gasteiger charge is -2.18. The number of anilines is 1. The Balaban J connectivity index is 1.48. The number of carboxylic acids is 1. The number of nitrogens with zero attached hydrogens (tertiary/aromatic N) is 1. The van der Waals surface area contributed by atoms with Gasteiger partial charge in [0, 0.05) is 40.9 Å². The molecule has 2 aliphatic rings. The number of carbonyl (C=O) groups is 1. The minimum atomic E-state index is -4.96. The van der Waals surface area contributed by atoms with Crippen molar-refractivity contribution in [2.45, 2.75) is 32.7 Å². The van der Waals surface area contributed by atoms with E-state index in [2.05, 4.69) is 10.3 Å². The second-order valence-electron chi connectivity index (χ2n) is 11.8. The summed E-state index contributed by atoms with van der Waals surface area (Å²) in [7, 11) is -19.5. The molecule has 0 fully saturated rings. The molecule has 4 aromatic rings. The molecule has 0 aromatic heterocycles. The highest BCUT2D eigenvalue weighted by molar-refractivity contribution is 7.87. The third-order valence-corrected chi connectivity index (χ3v) is 11.8. The highest BCUT2D eigenvalue weighted by Crippen LogP contribution is 2.42. The molecule has 55 heavy (non-hydrogen) atoms. The fourth-order valence-corrected chi connectivity index (χ4v) is 8.44. The Labute approximate surface area is 312 Å². The van der Waals surface area contributed by atoms with Crippen LogP contribution in [0.1, 0.15) is 21.5 Å². The van der Waals surface area contributed by atoms with Gasteiger partial charge in [-0.05, 0) is 71.3 Å². The van der Waals surface area contributed by atoms with E-state index in [1.165, 1.54) is 24.3 Å². The number of benzene rings is 5. The molecule has 0 radical (unpaired) electrons. The minimum absolute atomic E-state index is 0.0376. The first-order chi connectivity index (χ1) is 25.6. The SMILES string of the molecule is O=C(O)c1ccccc1-c1c2cc/c(=N/Cc3ccc(S(=O)(=O)O)cc3S(=O)(=O)O)cc-2oc2cc(NCc3ccc(S(=O)(=O)O)cc3S(=O)(=O)O)ccc12. The number of carboxylic acid groups (broad SMARTS) is 1. The Morgan fingerprint density at radius 2 is 1.24 bits per heavy atom. The van der Waals surface area contributed by atoms with Gasteiger partial charge in [-0.25, -0.2) is 4.79 Å². The van der Waals surface area contributed by atoms with Crippen molar-refractivity contribution in [3.63, 3.8) is 0 Å². The maximum absolute atomic E-state index is 12.3.